The molecule has 0 bridgehead atoms. The van der Waals surface area contributed by atoms with Crippen LogP contribution in [0.3, 0.4) is 0 Å². The zero-order chi connectivity index (χ0) is 5.98. The molecule has 0 N–H and O–H groups in total. The van der Waals surface area contributed by atoms with Crippen molar-refractivity contribution in [1.82, 2.24) is 0 Å². The third kappa shape index (κ3) is 3.42. The summed E-state index contributed by atoms with van der Waals surface area (Å²) >= 11 is 0. The minimum atomic E-state index is -0.662. The summed E-state index contributed by atoms with van der Waals surface area (Å²) in [7, 11) is 0. The standard InChI is InChI=1S/C6H3F2.K/c7-5-2-1-3-6(8)4-5;/h1-2,4H;/q-1;+1. The van der Waals surface area contributed by atoms with Gasteiger partial charge in [0.05, 0.1) is 0 Å². The molecule has 0 heterocycles. The average Bonchev–Trinajstić information content (AvgIpc) is 1.64. The van der Waals surface area contributed by atoms with Crippen LogP contribution in [0.25, 0.3) is 0 Å². The maximum Gasteiger partial charge on any atom is 1.00 e. The first-order valence-corrected chi connectivity index (χ1v) is 2.12. The molecule has 1 rings (SSSR count). The second kappa shape index (κ2) is 4.52. The Kier molecular flexibility index (Phi) is 4.88. The van der Waals surface area contributed by atoms with Gasteiger partial charge in [-0.2, -0.15) is 6.07 Å². The summed E-state index contributed by atoms with van der Waals surface area (Å²) in [6.07, 6.45) is 0. The van der Waals surface area contributed by atoms with Gasteiger partial charge in [0.15, 0.2) is 0 Å². The van der Waals surface area contributed by atoms with Gasteiger partial charge in [-0.3, -0.25) is 0 Å². The molecule has 0 aliphatic rings. The molecule has 0 saturated heterocycles. The van der Waals surface area contributed by atoms with E-state index in [9.17, 15) is 8.78 Å². The maximum atomic E-state index is 11.9. The van der Waals surface area contributed by atoms with Crippen molar-refractivity contribution in [3.05, 3.63) is 35.9 Å². The Labute approximate surface area is 94.7 Å². The van der Waals surface area contributed by atoms with Crippen LogP contribution in [0, 0.1) is 17.7 Å². The predicted molar refractivity (Wildman–Crippen MR) is 25.2 cm³/mol. The van der Waals surface area contributed by atoms with E-state index in [0.717, 1.165) is 12.1 Å². The van der Waals surface area contributed by atoms with E-state index < -0.39 is 11.6 Å². The molecule has 0 atom stereocenters. The van der Waals surface area contributed by atoms with Crippen LogP contribution in [0.1, 0.15) is 0 Å². The van der Waals surface area contributed by atoms with Gasteiger partial charge in [0.25, 0.3) is 0 Å². The average molecular weight is 152 g/mol. The van der Waals surface area contributed by atoms with Crippen molar-refractivity contribution in [3.8, 4) is 0 Å². The summed E-state index contributed by atoms with van der Waals surface area (Å²) in [5, 5.41) is 0. The van der Waals surface area contributed by atoms with Gasteiger partial charge in [-0.05, 0) is 0 Å². The third-order valence-electron chi connectivity index (χ3n) is 0.728. The second-order valence-corrected chi connectivity index (χ2v) is 1.35. The fraction of sp³-hybridized carbons (Fsp3) is 0. The molecule has 9 heavy (non-hydrogen) atoms. The summed E-state index contributed by atoms with van der Waals surface area (Å²) in [4.78, 5) is 0. The van der Waals surface area contributed by atoms with E-state index >= 15 is 0 Å². The van der Waals surface area contributed by atoms with E-state index in [0.29, 0.717) is 0 Å². The van der Waals surface area contributed by atoms with Crippen molar-refractivity contribution in [2.45, 2.75) is 0 Å². The minimum absolute atomic E-state index is 0. The molecule has 0 fully saturated rings. The smallest absolute Gasteiger partial charge is 0.236 e. The van der Waals surface area contributed by atoms with E-state index in [1.165, 1.54) is 6.07 Å². The molecule has 0 radical (unpaired) electrons. The molecule has 0 aromatic heterocycles. The van der Waals surface area contributed by atoms with E-state index in [-0.39, 0.29) is 51.4 Å². The van der Waals surface area contributed by atoms with Crippen molar-refractivity contribution >= 4 is 0 Å². The Morgan fingerprint density at radius 3 is 2.33 bits per heavy atom. The first-order chi connectivity index (χ1) is 3.79. The SMILES string of the molecule is Fc1[c-]ccc(F)c1.[K+]. The molecule has 0 nitrogen and oxygen atoms in total. The third-order valence-corrected chi connectivity index (χ3v) is 0.728. The van der Waals surface area contributed by atoms with Gasteiger partial charge in [-0.1, -0.05) is 0 Å². The van der Waals surface area contributed by atoms with E-state index in [4.69, 9.17) is 0 Å². The predicted octanol–water partition coefficient (Wildman–Crippen LogP) is -1.23. The normalized spacial score (nSPS) is 8.22. The fourth-order valence-corrected chi connectivity index (χ4v) is 0.412. The molecular formula is C6H3F2K. The Balaban J connectivity index is 0.000000640. The molecular weight excluding hydrogens is 149 g/mol. The quantitative estimate of drug-likeness (QED) is 0.322. The van der Waals surface area contributed by atoms with Gasteiger partial charge in [0.2, 0.25) is 0 Å². The van der Waals surface area contributed by atoms with Gasteiger partial charge in [0, 0.05) is 11.6 Å². The van der Waals surface area contributed by atoms with E-state index in [2.05, 4.69) is 6.07 Å². The zero-order valence-electron chi connectivity index (χ0n) is 4.99. The van der Waals surface area contributed by atoms with Gasteiger partial charge < -0.3 is 0 Å². The summed E-state index contributed by atoms with van der Waals surface area (Å²) in [5.41, 5.74) is 0. The summed E-state index contributed by atoms with van der Waals surface area (Å²) < 4.78 is 23.8. The van der Waals surface area contributed by atoms with Crippen molar-refractivity contribution in [3.63, 3.8) is 0 Å². The zero-order valence-corrected chi connectivity index (χ0v) is 8.11. The monoisotopic (exact) mass is 152 g/mol. The van der Waals surface area contributed by atoms with Crippen LogP contribution in [0.2, 0.25) is 0 Å². The van der Waals surface area contributed by atoms with Crippen molar-refractivity contribution in [1.29, 1.82) is 0 Å². The molecule has 0 aliphatic carbocycles. The van der Waals surface area contributed by atoms with Crippen LogP contribution in [-0.2, 0) is 0 Å². The fourth-order valence-electron chi connectivity index (χ4n) is 0.412. The Hall–Kier alpha value is 0.716. The number of benzene rings is 1. The Morgan fingerprint density at radius 2 is 2.00 bits per heavy atom. The number of hydrogen-bond donors (Lipinski definition) is 0. The summed E-state index contributed by atoms with van der Waals surface area (Å²) in [6, 6.07) is 5.28. The van der Waals surface area contributed by atoms with E-state index in [1.807, 2.05) is 0 Å². The summed E-state index contributed by atoms with van der Waals surface area (Å²) in [6.45, 7) is 0. The van der Waals surface area contributed by atoms with Crippen molar-refractivity contribution in [2.75, 3.05) is 0 Å². The largest absolute Gasteiger partial charge is 1.00 e. The van der Waals surface area contributed by atoms with Crippen LogP contribution >= 0.6 is 0 Å². The van der Waals surface area contributed by atoms with Gasteiger partial charge >= 0.3 is 51.4 Å². The topological polar surface area (TPSA) is 0 Å². The number of halogens is 2. The van der Waals surface area contributed by atoms with Crippen molar-refractivity contribution < 1.29 is 60.2 Å². The maximum absolute atomic E-state index is 11.9. The van der Waals surface area contributed by atoms with Gasteiger partial charge in [-0.25, -0.2) is 8.78 Å². The van der Waals surface area contributed by atoms with Gasteiger partial charge in [0.1, 0.15) is 0 Å². The van der Waals surface area contributed by atoms with Crippen molar-refractivity contribution in [2.24, 2.45) is 0 Å². The van der Waals surface area contributed by atoms with Crippen LogP contribution in [-0.4, -0.2) is 0 Å². The first-order valence-electron chi connectivity index (χ1n) is 2.12. The molecule has 0 unspecified atom stereocenters. The molecule has 42 valence electrons. The minimum Gasteiger partial charge on any atom is -0.236 e. The Morgan fingerprint density at radius 1 is 1.33 bits per heavy atom. The van der Waals surface area contributed by atoms with Crippen LogP contribution in [0.15, 0.2) is 18.2 Å². The Bertz CT molecular complexity index is 171. The van der Waals surface area contributed by atoms with Gasteiger partial charge in [-0.15, -0.1) is 18.2 Å². The first kappa shape index (κ1) is 9.72. The summed E-state index contributed by atoms with van der Waals surface area (Å²) in [5.74, 6) is -1.23. The van der Waals surface area contributed by atoms with Crippen LogP contribution in [0.5, 0.6) is 0 Å². The molecule has 0 saturated carbocycles. The van der Waals surface area contributed by atoms with Crippen LogP contribution < -0.4 is 51.4 Å². The molecule has 3 heteroatoms. The van der Waals surface area contributed by atoms with Crippen LogP contribution in [0.4, 0.5) is 8.78 Å². The molecule has 0 aliphatic heterocycles. The molecule has 1 aromatic rings. The molecule has 1 aromatic carbocycles. The number of hydrogen-bond acceptors (Lipinski definition) is 0. The molecule has 0 amide bonds. The number of rotatable bonds is 0. The molecule has 0 spiro atoms. The second-order valence-electron chi connectivity index (χ2n) is 1.35. The van der Waals surface area contributed by atoms with E-state index in [1.54, 1.807) is 0 Å².